The lowest BCUT2D eigenvalue weighted by Gasteiger charge is -2.16. The largest absolute Gasteiger partial charge is 0.359 e. The predicted molar refractivity (Wildman–Crippen MR) is 66.4 cm³/mol. The number of nitrogens with two attached hydrogens (primary N) is 1. The van der Waals surface area contributed by atoms with Crippen LogP contribution in [0.1, 0.15) is 36.5 Å². The van der Waals surface area contributed by atoms with Crippen molar-refractivity contribution < 1.29 is 9.32 Å². The van der Waals surface area contributed by atoms with Gasteiger partial charge in [0.2, 0.25) is 0 Å². The van der Waals surface area contributed by atoms with E-state index in [1.165, 1.54) is 6.42 Å². The number of likely N-dealkylation sites (tertiary alicyclic amines) is 1. The van der Waals surface area contributed by atoms with E-state index in [0.717, 1.165) is 19.0 Å². The van der Waals surface area contributed by atoms with Crippen LogP contribution in [0.25, 0.3) is 0 Å². The second-order valence-corrected chi connectivity index (χ2v) is 5.18. The Bertz CT molecular complexity index is 416. The third-order valence-electron chi connectivity index (χ3n) is 3.55. The molecule has 1 atom stereocenters. The smallest absolute Gasteiger partial charge is 0.287 e. The molecule has 18 heavy (non-hydrogen) atoms. The summed E-state index contributed by atoms with van der Waals surface area (Å²) in [5, 5.41) is 3.69. The number of nitrogens with one attached hydrogen (secondary N) is 1. The van der Waals surface area contributed by atoms with Gasteiger partial charge >= 0.3 is 0 Å². The highest BCUT2D eigenvalue weighted by Gasteiger charge is 2.25. The van der Waals surface area contributed by atoms with E-state index in [0.29, 0.717) is 18.2 Å². The summed E-state index contributed by atoms with van der Waals surface area (Å²) in [6, 6.07) is 1.64. The van der Waals surface area contributed by atoms with Gasteiger partial charge in [-0.3, -0.25) is 15.1 Å². The Morgan fingerprint density at radius 3 is 3.11 bits per heavy atom. The van der Waals surface area contributed by atoms with Crippen LogP contribution in [0.15, 0.2) is 10.6 Å². The Kier molecular flexibility index (Phi) is 3.98. The lowest BCUT2D eigenvalue weighted by molar-refractivity contribution is 0.0944. The van der Waals surface area contributed by atoms with E-state index >= 15 is 0 Å². The van der Waals surface area contributed by atoms with Gasteiger partial charge in [0.05, 0.1) is 6.54 Å². The molecule has 1 fully saturated rings. The number of aromatic nitrogens is 1. The van der Waals surface area contributed by atoms with Crippen LogP contribution in [0.3, 0.4) is 0 Å². The summed E-state index contributed by atoms with van der Waals surface area (Å²) in [7, 11) is 0. The number of hydrogen-bond donors (Lipinski definition) is 2. The molecule has 2 heterocycles. The van der Waals surface area contributed by atoms with Crippen LogP contribution >= 0.6 is 0 Å². The molecule has 0 bridgehead atoms. The van der Waals surface area contributed by atoms with Crippen LogP contribution in [0.2, 0.25) is 0 Å². The number of amides is 1. The van der Waals surface area contributed by atoms with Gasteiger partial charge in [0.15, 0.2) is 11.5 Å². The van der Waals surface area contributed by atoms with Crippen molar-refractivity contribution in [2.45, 2.75) is 26.8 Å². The first kappa shape index (κ1) is 13.0. The molecule has 0 spiro atoms. The van der Waals surface area contributed by atoms with Crippen molar-refractivity contribution in [3.05, 3.63) is 17.5 Å². The standard InChI is InChI=1S/C12H20N4O2/c1-8(2)9-3-4-16(6-9)7-10-5-11(15-18-10)12(17)14-13/h5,8-9H,3-4,6-7,13H2,1-2H3,(H,14,17). The second kappa shape index (κ2) is 5.49. The van der Waals surface area contributed by atoms with Gasteiger partial charge in [0, 0.05) is 12.6 Å². The summed E-state index contributed by atoms with van der Waals surface area (Å²) in [4.78, 5) is 13.6. The zero-order chi connectivity index (χ0) is 13.1. The van der Waals surface area contributed by atoms with Crippen molar-refractivity contribution in [2.75, 3.05) is 13.1 Å². The van der Waals surface area contributed by atoms with Crippen molar-refractivity contribution >= 4 is 5.91 Å². The average molecular weight is 252 g/mol. The van der Waals surface area contributed by atoms with Crippen molar-refractivity contribution in [2.24, 2.45) is 17.7 Å². The van der Waals surface area contributed by atoms with E-state index in [4.69, 9.17) is 10.4 Å². The first-order valence-electron chi connectivity index (χ1n) is 6.29. The maximum absolute atomic E-state index is 11.2. The van der Waals surface area contributed by atoms with E-state index in [1.54, 1.807) is 6.07 Å². The van der Waals surface area contributed by atoms with Crippen molar-refractivity contribution in [3.8, 4) is 0 Å². The van der Waals surface area contributed by atoms with E-state index in [9.17, 15) is 4.79 Å². The molecule has 0 aromatic carbocycles. The third kappa shape index (κ3) is 2.88. The molecule has 1 aliphatic rings. The zero-order valence-corrected chi connectivity index (χ0v) is 10.8. The van der Waals surface area contributed by atoms with Gasteiger partial charge in [-0.15, -0.1) is 0 Å². The van der Waals surface area contributed by atoms with Gasteiger partial charge in [-0.25, -0.2) is 5.84 Å². The maximum atomic E-state index is 11.2. The molecule has 0 aliphatic carbocycles. The minimum absolute atomic E-state index is 0.229. The number of carbonyl (C=O) groups is 1. The van der Waals surface area contributed by atoms with Crippen LogP contribution in [-0.4, -0.2) is 29.1 Å². The number of nitrogens with zero attached hydrogens (tertiary/aromatic N) is 2. The highest BCUT2D eigenvalue weighted by molar-refractivity contribution is 5.91. The number of carbonyl (C=O) groups excluding carboxylic acids is 1. The van der Waals surface area contributed by atoms with Gasteiger partial charge < -0.3 is 4.52 Å². The summed E-state index contributed by atoms with van der Waals surface area (Å²) in [5.41, 5.74) is 2.26. The topological polar surface area (TPSA) is 84.4 Å². The van der Waals surface area contributed by atoms with Crippen LogP contribution in [0.4, 0.5) is 0 Å². The van der Waals surface area contributed by atoms with E-state index in [2.05, 4.69) is 23.9 Å². The number of nitrogen functional groups attached to an aromatic ring is 1. The SMILES string of the molecule is CC(C)C1CCN(Cc2cc(C(=O)NN)no2)C1. The fourth-order valence-electron chi connectivity index (χ4n) is 2.34. The summed E-state index contributed by atoms with van der Waals surface area (Å²) >= 11 is 0. The molecule has 1 aromatic rings. The van der Waals surface area contributed by atoms with Gasteiger partial charge in [-0.05, 0) is 24.8 Å². The Labute approximate surface area is 106 Å². The van der Waals surface area contributed by atoms with Gasteiger partial charge in [0.25, 0.3) is 5.91 Å². The molecule has 0 radical (unpaired) electrons. The average Bonchev–Trinajstić information content (AvgIpc) is 2.98. The number of rotatable bonds is 4. The highest BCUT2D eigenvalue weighted by atomic mass is 16.5. The number of hydrazine groups is 1. The molecule has 1 amide bonds. The summed E-state index contributed by atoms with van der Waals surface area (Å²) in [6.45, 7) is 7.37. The summed E-state index contributed by atoms with van der Waals surface area (Å²) in [6.07, 6.45) is 1.22. The fraction of sp³-hybridized carbons (Fsp3) is 0.667. The summed E-state index contributed by atoms with van der Waals surface area (Å²) < 4.78 is 5.14. The van der Waals surface area contributed by atoms with E-state index in [1.807, 2.05) is 5.43 Å². The Morgan fingerprint density at radius 2 is 2.50 bits per heavy atom. The minimum Gasteiger partial charge on any atom is -0.359 e. The maximum Gasteiger partial charge on any atom is 0.287 e. The van der Waals surface area contributed by atoms with Crippen molar-refractivity contribution in [1.29, 1.82) is 0 Å². The second-order valence-electron chi connectivity index (χ2n) is 5.18. The van der Waals surface area contributed by atoms with Crippen molar-refractivity contribution in [3.63, 3.8) is 0 Å². The molecule has 1 saturated heterocycles. The first-order valence-corrected chi connectivity index (χ1v) is 6.29. The molecule has 6 nitrogen and oxygen atoms in total. The van der Waals surface area contributed by atoms with Crippen LogP contribution < -0.4 is 11.3 Å². The molecule has 6 heteroatoms. The van der Waals surface area contributed by atoms with E-state index in [-0.39, 0.29) is 5.69 Å². The molecule has 1 aromatic heterocycles. The monoisotopic (exact) mass is 252 g/mol. The fourth-order valence-corrected chi connectivity index (χ4v) is 2.34. The van der Waals surface area contributed by atoms with Crippen LogP contribution in [0.5, 0.6) is 0 Å². The first-order chi connectivity index (χ1) is 8.60. The normalized spacial score (nSPS) is 20.6. The Hall–Kier alpha value is -1.40. The molecule has 1 unspecified atom stereocenters. The molecular formula is C12H20N4O2. The van der Waals surface area contributed by atoms with Crippen LogP contribution in [0, 0.1) is 11.8 Å². The highest BCUT2D eigenvalue weighted by Crippen LogP contribution is 2.24. The zero-order valence-electron chi connectivity index (χ0n) is 10.8. The van der Waals surface area contributed by atoms with Crippen molar-refractivity contribution in [1.82, 2.24) is 15.5 Å². The van der Waals surface area contributed by atoms with Gasteiger partial charge in [0.1, 0.15) is 0 Å². The lowest BCUT2D eigenvalue weighted by Crippen LogP contribution is -2.30. The Balaban J connectivity index is 1.91. The minimum atomic E-state index is -0.425. The third-order valence-corrected chi connectivity index (χ3v) is 3.55. The van der Waals surface area contributed by atoms with Gasteiger partial charge in [-0.2, -0.15) is 0 Å². The Morgan fingerprint density at radius 1 is 1.72 bits per heavy atom. The molecule has 1 aliphatic heterocycles. The quantitative estimate of drug-likeness (QED) is 0.469. The molecule has 3 N–H and O–H groups in total. The summed E-state index contributed by atoms with van der Waals surface area (Å²) in [5.74, 6) is 6.78. The predicted octanol–water partition coefficient (Wildman–Crippen LogP) is 0.756. The van der Waals surface area contributed by atoms with Crippen LogP contribution in [-0.2, 0) is 6.54 Å². The lowest BCUT2D eigenvalue weighted by atomic mass is 9.95. The molecule has 2 rings (SSSR count). The number of hydrogen-bond acceptors (Lipinski definition) is 5. The van der Waals surface area contributed by atoms with E-state index < -0.39 is 5.91 Å². The molecule has 0 saturated carbocycles. The molecular weight excluding hydrogens is 232 g/mol. The molecule has 100 valence electrons. The van der Waals surface area contributed by atoms with Gasteiger partial charge in [-0.1, -0.05) is 19.0 Å².